The Morgan fingerprint density at radius 2 is 1.83 bits per heavy atom. The van der Waals surface area contributed by atoms with Crippen LogP contribution in [0.4, 0.5) is 0 Å². The van der Waals surface area contributed by atoms with Crippen LogP contribution in [0.2, 0.25) is 0 Å². The first-order chi connectivity index (χ1) is 19.8. The van der Waals surface area contributed by atoms with Crippen LogP contribution in [0.1, 0.15) is 33.5 Å². The monoisotopic (exact) mass is 576 g/mol. The molecule has 11 heteroatoms. The number of fused-ring (bicyclic) bond motifs is 3. The standard InChI is InChI=1S/C31H32N2O9/c1-33(2)24-18-13-16-12-17-14(6-4-7-15-8-5-9-20(42-3)25(15)35)10-11-19(34)22(17)26(36)21(16)28(38)31(18,41)29(39)23(27(24)37)30(32)40/h4-6,8-11,16,18,21,23-24,34-35,41H,7,12-13H2,1-3H3,(H2,32,40)/b6-4-/t16-,18-,21?,23?,24-,31-/m1/s1. The molecule has 0 radical (unpaired) electrons. The van der Waals surface area contributed by atoms with Crippen molar-refractivity contribution in [1.29, 1.82) is 0 Å². The highest BCUT2D eigenvalue weighted by atomic mass is 16.5. The van der Waals surface area contributed by atoms with Crippen molar-refractivity contribution in [2.24, 2.45) is 29.4 Å². The summed E-state index contributed by atoms with van der Waals surface area (Å²) in [6, 6.07) is 6.94. The number of aliphatic hydroxyl groups is 1. The zero-order chi connectivity index (χ0) is 30.7. The van der Waals surface area contributed by atoms with Crippen LogP contribution >= 0.6 is 0 Å². The molecule has 0 bridgehead atoms. The van der Waals surface area contributed by atoms with Crippen LogP contribution in [-0.2, 0) is 32.0 Å². The number of phenolic OH excluding ortho intramolecular Hbond substituents is 2. The Labute approximate surface area is 241 Å². The van der Waals surface area contributed by atoms with Gasteiger partial charge >= 0.3 is 0 Å². The third-order valence-electron chi connectivity index (χ3n) is 8.92. The lowest BCUT2D eigenvalue weighted by molar-refractivity contribution is -0.181. The number of nitrogens with zero attached hydrogens (tertiary/aromatic N) is 1. The Balaban J connectivity index is 1.53. The maximum atomic E-state index is 13.9. The molecule has 0 aromatic heterocycles. The van der Waals surface area contributed by atoms with Crippen molar-refractivity contribution in [3.63, 3.8) is 0 Å². The van der Waals surface area contributed by atoms with Gasteiger partial charge in [-0.05, 0) is 62.5 Å². The Morgan fingerprint density at radius 1 is 1.12 bits per heavy atom. The summed E-state index contributed by atoms with van der Waals surface area (Å²) >= 11 is 0. The normalized spacial score (nSPS) is 28.9. The zero-order valence-electron chi connectivity index (χ0n) is 23.4. The minimum atomic E-state index is -2.76. The van der Waals surface area contributed by atoms with Gasteiger partial charge in [-0.3, -0.25) is 28.9 Å². The Hall–Kier alpha value is -4.35. The van der Waals surface area contributed by atoms with E-state index in [9.17, 15) is 39.3 Å². The van der Waals surface area contributed by atoms with E-state index in [1.807, 2.05) is 0 Å². The van der Waals surface area contributed by atoms with Crippen molar-refractivity contribution in [3.8, 4) is 17.2 Å². The van der Waals surface area contributed by atoms with Crippen molar-refractivity contribution >= 4 is 35.1 Å². The fraction of sp³-hybridized carbons (Fsp3) is 0.387. The van der Waals surface area contributed by atoms with Gasteiger partial charge in [0.2, 0.25) is 5.91 Å². The van der Waals surface area contributed by atoms with Gasteiger partial charge in [0, 0.05) is 11.5 Å². The van der Waals surface area contributed by atoms with Gasteiger partial charge in [0.15, 0.2) is 46.2 Å². The Bertz CT molecular complexity index is 1560. The van der Waals surface area contributed by atoms with E-state index in [1.54, 1.807) is 36.4 Å². The van der Waals surface area contributed by atoms with E-state index in [4.69, 9.17) is 10.5 Å². The number of ether oxygens (including phenoxy) is 1. The fourth-order valence-corrected chi connectivity index (χ4v) is 6.99. The summed E-state index contributed by atoms with van der Waals surface area (Å²) in [7, 11) is 4.53. The highest BCUT2D eigenvalue weighted by Gasteiger charge is 2.69. The molecule has 0 heterocycles. The van der Waals surface area contributed by atoms with Gasteiger partial charge in [-0.15, -0.1) is 0 Å². The molecule has 3 aliphatic carbocycles. The summed E-state index contributed by atoms with van der Waals surface area (Å²) < 4.78 is 5.15. The molecule has 0 spiro atoms. The van der Waals surface area contributed by atoms with Crippen molar-refractivity contribution in [2.45, 2.75) is 30.9 Å². The van der Waals surface area contributed by atoms with Gasteiger partial charge in [-0.2, -0.15) is 0 Å². The van der Waals surface area contributed by atoms with Crippen LogP contribution in [0.5, 0.6) is 17.2 Å². The average molecular weight is 577 g/mol. The molecule has 2 fully saturated rings. The van der Waals surface area contributed by atoms with Crippen molar-refractivity contribution in [1.82, 2.24) is 4.90 Å². The maximum absolute atomic E-state index is 13.9. The van der Waals surface area contributed by atoms with Crippen LogP contribution in [0.25, 0.3) is 6.08 Å². The smallest absolute Gasteiger partial charge is 0.235 e. The molecule has 6 atom stereocenters. The maximum Gasteiger partial charge on any atom is 0.235 e. The first-order valence-corrected chi connectivity index (χ1v) is 13.5. The summed E-state index contributed by atoms with van der Waals surface area (Å²) in [4.78, 5) is 67.8. The van der Waals surface area contributed by atoms with E-state index in [0.717, 1.165) is 0 Å². The van der Waals surface area contributed by atoms with E-state index in [1.165, 1.54) is 32.2 Å². The minimum absolute atomic E-state index is 0.00852. The predicted molar refractivity (Wildman–Crippen MR) is 149 cm³/mol. The number of primary amides is 1. The van der Waals surface area contributed by atoms with Gasteiger partial charge in [0.1, 0.15) is 5.75 Å². The van der Waals surface area contributed by atoms with Crippen molar-refractivity contribution < 1.29 is 44.0 Å². The van der Waals surface area contributed by atoms with Crippen molar-refractivity contribution in [3.05, 3.63) is 58.7 Å². The topological polar surface area (TPSA) is 185 Å². The molecule has 5 rings (SSSR count). The molecule has 2 unspecified atom stereocenters. The van der Waals surface area contributed by atoms with Crippen LogP contribution in [0, 0.1) is 23.7 Å². The summed E-state index contributed by atoms with van der Waals surface area (Å²) in [6.45, 7) is 0. The first-order valence-electron chi connectivity index (χ1n) is 13.5. The fourth-order valence-electron chi connectivity index (χ4n) is 6.99. The molecule has 0 aliphatic heterocycles. The van der Waals surface area contributed by atoms with Gasteiger partial charge < -0.3 is 25.8 Å². The lowest BCUT2D eigenvalue weighted by atomic mass is 9.52. The SMILES string of the molecule is COc1cccc(C/C=C\c2ccc(O)c3c2C[C@@H]2C[C@@H]4[C@@H](N(C)C)C(=O)C(C(N)=O)C(=O)[C@]4(O)C(=O)C2C3=O)c1O. The summed E-state index contributed by atoms with van der Waals surface area (Å²) in [5, 5.41) is 32.7. The number of hydrogen-bond donors (Lipinski definition) is 4. The molecule has 42 heavy (non-hydrogen) atoms. The van der Waals surface area contributed by atoms with Crippen LogP contribution in [0.15, 0.2) is 36.4 Å². The number of phenols is 2. The molecule has 1 amide bonds. The quantitative estimate of drug-likeness (QED) is 0.359. The molecule has 2 saturated carbocycles. The highest BCUT2D eigenvalue weighted by molar-refractivity contribution is 6.32. The number of ketones is 4. The van der Waals surface area contributed by atoms with Crippen LogP contribution in [0.3, 0.4) is 0 Å². The Morgan fingerprint density at radius 3 is 2.48 bits per heavy atom. The van der Waals surface area contributed by atoms with E-state index in [0.29, 0.717) is 28.9 Å². The van der Waals surface area contributed by atoms with Crippen LogP contribution < -0.4 is 10.5 Å². The molecule has 2 aromatic carbocycles. The van der Waals surface area contributed by atoms with Gasteiger partial charge in [0.05, 0.1) is 24.6 Å². The number of allylic oxidation sites excluding steroid dienone is 1. The third-order valence-corrected chi connectivity index (χ3v) is 8.92. The second-order valence-electron chi connectivity index (χ2n) is 11.4. The summed E-state index contributed by atoms with van der Waals surface area (Å²) in [5.74, 6) is -10.5. The second kappa shape index (κ2) is 10.5. The molecule has 0 saturated heterocycles. The highest BCUT2D eigenvalue weighted by Crippen LogP contribution is 2.51. The molecule has 220 valence electrons. The number of aromatic hydroxyl groups is 2. The minimum Gasteiger partial charge on any atom is -0.507 e. The van der Waals surface area contributed by atoms with Gasteiger partial charge in [-0.1, -0.05) is 30.4 Å². The zero-order valence-corrected chi connectivity index (χ0v) is 23.4. The lowest BCUT2D eigenvalue weighted by Crippen LogP contribution is -2.74. The lowest BCUT2D eigenvalue weighted by Gasteiger charge is -2.52. The van der Waals surface area contributed by atoms with E-state index in [-0.39, 0.29) is 29.9 Å². The molecular weight excluding hydrogens is 544 g/mol. The number of benzene rings is 2. The van der Waals surface area contributed by atoms with Gasteiger partial charge in [0.25, 0.3) is 0 Å². The molecule has 5 N–H and O–H groups in total. The number of carbonyl (C=O) groups excluding carboxylic acids is 5. The second-order valence-corrected chi connectivity index (χ2v) is 11.4. The Kier molecular flexibility index (Phi) is 7.28. The molecule has 3 aliphatic rings. The van der Waals surface area contributed by atoms with E-state index >= 15 is 0 Å². The average Bonchev–Trinajstić information content (AvgIpc) is 2.92. The van der Waals surface area contributed by atoms with E-state index < -0.39 is 64.4 Å². The predicted octanol–water partition coefficient (Wildman–Crippen LogP) is 0.837. The number of nitrogens with two attached hydrogens (primary N) is 1. The number of Topliss-reactive ketones (excluding diaryl/α,β-unsaturated/α-hetero) is 4. The van der Waals surface area contributed by atoms with E-state index in [2.05, 4.69) is 0 Å². The number of likely N-dealkylation sites (N-methyl/N-ethyl adjacent to an activating group) is 1. The molecule has 11 nitrogen and oxygen atoms in total. The third kappa shape index (κ3) is 4.23. The largest absolute Gasteiger partial charge is 0.507 e. The molecule has 2 aromatic rings. The van der Waals surface area contributed by atoms with Gasteiger partial charge in [-0.25, -0.2) is 0 Å². The number of carbonyl (C=O) groups is 5. The molecular formula is C31H32N2O9. The number of methoxy groups -OCH3 is 1. The van der Waals surface area contributed by atoms with Crippen molar-refractivity contribution in [2.75, 3.05) is 21.2 Å². The number of rotatable bonds is 6. The number of hydrogen-bond acceptors (Lipinski definition) is 10. The number of para-hydroxylation sites is 1. The number of amides is 1. The first kappa shape index (κ1) is 29.2. The van der Waals surface area contributed by atoms with Crippen LogP contribution in [-0.4, -0.2) is 82.1 Å². The summed E-state index contributed by atoms with van der Waals surface area (Å²) in [5.41, 5.74) is 4.23. The summed E-state index contributed by atoms with van der Waals surface area (Å²) in [6.07, 6.45) is 4.00.